The predicted molar refractivity (Wildman–Crippen MR) is 194 cm³/mol. The van der Waals surface area contributed by atoms with E-state index in [0.717, 1.165) is 112 Å². The summed E-state index contributed by atoms with van der Waals surface area (Å²) in [7, 11) is 0. The molecule has 48 heavy (non-hydrogen) atoms. The van der Waals surface area contributed by atoms with Crippen LogP contribution in [0.25, 0.3) is 11.1 Å². The van der Waals surface area contributed by atoms with Crippen LogP contribution in [0.1, 0.15) is 47.9 Å². The topological polar surface area (TPSA) is 91.2 Å². The highest BCUT2D eigenvalue weighted by molar-refractivity contribution is 5.74. The molecule has 2 aromatic carbocycles. The number of rotatable bonds is 23. The highest BCUT2D eigenvalue weighted by atomic mass is 16.5. The number of aliphatic hydroxyl groups is 2. The average Bonchev–Trinajstić information content (AvgIpc) is 3.12. The van der Waals surface area contributed by atoms with Gasteiger partial charge in [-0.25, -0.2) is 0 Å². The number of benzene rings is 2. The van der Waals surface area contributed by atoms with Crippen LogP contribution in [0.3, 0.4) is 0 Å². The van der Waals surface area contributed by atoms with Crippen LogP contribution in [-0.2, 0) is 12.8 Å². The van der Waals surface area contributed by atoms with E-state index in [0.29, 0.717) is 13.2 Å². The van der Waals surface area contributed by atoms with Gasteiger partial charge in [-0.2, -0.15) is 0 Å². The Kier molecular flexibility index (Phi) is 16.4. The van der Waals surface area contributed by atoms with Gasteiger partial charge in [-0.1, -0.05) is 36.4 Å². The lowest BCUT2D eigenvalue weighted by Crippen LogP contribution is -2.30. The first kappa shape index (κ1) is 37.0. The summed E-state index contributed by atoms with van der Waals surface area (Å²) in [6.07, 6.45) is 12.7. The number of ether oxygens (including phenoxy) is 2. The van der Waals surface area contributed by atoms with E-state index >= 15 is 0 Å². The summed E-state index contributed by atoms with van der Waals surface area (Å²) in [4.78, 5) is 13.3. The Morgan fingerprint density at radius 1 is 0.542 bits per heavy atom. The predicted octanol–water partition coefficient (Wildman–Crippen LogP) is 6.15. The van der Waals surface area contributed by atoms with E-state index in [1.807, 2.05) is 24.5 Å². The third-order valence-corrected chi connectivity index (χ3v) is 8.75. The maximum atomic E-state index is 9.38. The molecule has 8 heteroatoms. The van der Waals surface area contributed by atoms with Crippen molar-refractivity contribution in [1.82, 2.24) is 19.8 Å². The summed E-state index contributed by atoms with van der Waals surface area (Å²) >= 11 is 0. The average molecular weight is 655 g/mol. The van der Waals surface area contributed by atoms with Gasteiger partial charge in [0.05, 0.1) is 13.2 Å². The molecule has 0 saturated heterocycles. The zero-order valence-corrected chi connectivity index (χ0v) is 28.9. The van der Waals surface area contributed by atoms with Gasteiger partial charge in [0, 0.05) is 77.3 Å². The summed E-state index contributed by atoms with van der Waals surface area (Å²) in [5.41, 5.74) is 7.02. The van der Waals surface area contributed by atoms with Crippen molar-refractivity contribution in [2.45, 2.75) is 52.4 Å². The third kappa shape index (κ3) is 12.3. The Bertz CT molecular complexity index is 1340. The van der Waals surface area contributed by atoms with Gasteiger partial charge in [-0.15, -0.1) is 0 Å². The van der Waals surface area contributed by atoms with Gasteiger partial charge in [0.2, 0.25) is 0 Å². The molecule has 0 aliphatic carbocycles. The molecule has 0 amide bonds. The van der Waals surface area contributed by atoms with Crippen LogP contribution in [0, 0.1) is 13.8 Å². The van der Waals surface area contributed by atoms with Crippen molar-refractivity contribution in [3.8, 4) is 22.6 Å². The first-order valence-electron chi connectivity index (χ1n) is 17.5. The molecule has 4 aromatic rings. The molecule has 0 bridgehead atoms. The molecule has 0 aliphatic rings. The Morgan fingerprint density at radius 3 is 1.38 bits per heavy atom. The molecule has 2 aromatic heterocycles. The highest BCUT2D eigenvalue weighted by Gasteiger charge is 2.13. The maximum Gasteiger partial charge on any atom is 0.122 e. The van der Waals surface area contributed by atoms with Crippen LogP contribution >= 0.6 is 0 Å². The number of hydrogen-bond acceptors (Lipinski definition) is 8. The van der Waals surface area contributed by atoms with Crippen molar-refractivity contribution in [1.29, 1.82) is 0 Å². The fourth-order valence-corrected chi connectivity index (χ4v) is 5.99. The van der Waals surface area contributed by atoms with E-state index in [2.05, 4.69) is 82.1 Å². The Hall–Kier alpha value is -3.82. The number of hydrogen-bond donors (Lipinski definition) is 2. The summed E-state index contributed by atoms with van der Waals surface area (Å²) in [6, 6.07) is 20.7. The van der Waals surface area contributed by atoms with Crippen molar-refractivity contribution < 1.29 is 19.7 Å². The van der Waals surface area contributed by atoms with Crippen molar-refractivity contribution in [2.75, 3.05) is 65.7 Å². The molecule has 258 valence electrons. The van der Waals surface area contributed by atoms with Gasteiger partial charge in [0.1, 0.15) is 11.5 Å². The highest BCUT2D eigenvalue weighted by Crippen LogP contribution is 2.35. The van der Waals surface area contributed by atoms with Crippen molar-refractivity contribution in [3.63, 3.8) is 0 Å². The molecule has 2 N–H and O–H groups in total. The second-order valence-corrected chi connectivity index (χ2v) is 12.3. The van der Waals surface area contributed by atoms with Crippen LogP contribution in [0.2, 0.25) is 0 Å². The van der Waals surface area contributed by atoms with Gasteiger partial charge in [0.25, 0.3) is 0 Å². The van der Waals surface area contributed by atoms with E-state index in [4.69, 9.17) is 9.47 Å². The smallest absolute Gasteiger partial charge is 0.122 e. The van der Waals surface area contributed by atoms with Gasteiger partial charge < -0.3 is 29.5 Å². The van der Waals surface area contributed by atoms with E-state index in [9.17, 15) is 10.2 Å². The number of nitrogens with zero attached hydrogens (tertiary/aromatic N) is 4. The first-order chi connectivity index (χ1) is 23.6. The van der Waals surface area contributed by atoms with Crippen LogP contribution in [-0.4, -0.2) is 95.7 Å². The quantitative estimate of drug-likeness (QED) is 0.0921. The monoisotopic (exact) mass is 654 g/mol. The second-order valence-electron chi connectivity index (χ2n) is 12.3. The molecule has 0 atom stereocenters. The van der Waals surface area contributed by atoms with Crippen molar-refractivity contribution in [2.24, 2.45) is 0 Å². The fourth-order valence-electron chi connectivity index (χ4n) is 5.99. The van der Waals surface area contributed by atoms with Crippen molar-refractivity contribution in [3.05, 3.63) is 108 Å². The summed E-state index contributed by atoms with van der Waals surface area (Å²) in [6.45, 7) is 11.4. The standard InChI is InChI=1S/C40H54N4O4/c1-33-37(13-3-15-39(33)47-29-9-23-43(21-7-27-45)25-17-35-11-5-19-41-31-35)38-14-4-16-40(34(38)2)48-30-10-24-44(22-8-28-46)26-18-36-12-6-20-42-32-36/h3-6,11-16,19-20,31-32,45-46H,7-10,17-18,21-30H2,1-2H3. The van der Waals surface area contributed by atoms with Crippen LogP contribution < -0.4 is 9.47 Å². The summed E-state index contributed by atoms with van der Waals surface area (Å²) in [5.74, 6) is 1.81. The van der Waals surface area contributed by atoms with Gasteiger partial charge in [-0.05, 0) is 110 Å². The minimum Gasteiger partial charge on any atom is -0.493 e. The van der Waals surface area contributed by atoms with Crippen molar-refractivity contribution >= 4 is 0 Å². The van der Waals surface area contributed by atoms with E-state index in [-0.39, 0.29) is 13.2 Å². The SMILES string of the molecule is Cc1c(OCCCN(CCCO)CCc2cccnc2)cccc1-c1cccc(OCCCN(CCCO)CCc2cccnc2)c1C. The van der Waals surface area contributed by atoms with Crippen LogP contribution in [0.4, 0.5) is 0 Å². The largest absolute Gasteiger partial charge is 0.493 e. The lowest BCUT2D eigenvalue weighted by molar-refractivity contribution is 0.208. The summed E-state index contributed by atoms with van der Waals surface area (Å²) < 4.78 is 12.6. The molecule has 0 spiro atoms. The molecule has 0 aliphatic heterocycles. The Labute approximate surface area is 287 Å². The molecular weight excluding hydrogens is 600 g/mol. The fraction of sp³-hybridized carbons (Fsp3) is 0.450. The number of aliphatic hydroxyl groups excluding tert-OH is 2. The van der Waals surface area contributed by atoms with Gasteiger partial charge >= 0.3 is 0 Å². The molecule has 4 rings (SSSR count). The Balaban J connectivity index is 1.28. The molecule has 0 radical (unpaired) electrons. The van der Waals surface area contributed by atoms with Crippen LogP contribution in [0.15, 0.2) is 85.5 Å². The minimum atomic E-state index is 0.203. The zero-order valence-electron chi connectivity index (χ0n) is 28.9. The zero-order chi connectivity index (χ0) is 33.8. The normalized spacial score (nSPS) is 11.4. The summed E-state index contributed by atoms with van der Waals surface area (Å²) in [5, 5.41) is 18.8. The molecular formula is C40H54N4O4. The first-order valence-corrected chi connectivity index (χ1v) is 17.5. The number of pyridine rings is 2. The lowest BCUT2D eigenvalue weighted by atomic mass is 9.95. The maximum absolute atomic E-state index is 9.38. The Morgan fingerprint density at radius 2 is 0.979 bits per heavy atom. The molecule has 2 heterocycles. The van der Waals surface area contributed by atoms with Gasteiger partial charge in [-0.3, -0.25) is 9.97 Å². The van der Waals surface area contributed by atoms with Crippen LogP contribution in [0.5, 0.6) is 11.5 Å². The van der Waals surface area contributed by atoms with E-state index in [1.54, 1.807) is 12.4 Å². The number of aromatic nitrogens is 2. The van der Waals surface area contributed by atoms with Gasteiger partial charge in [0.15, 0.2) is 0 Å². The molecule has 0 unspecified atom stereocenters. The third-order valence-electron chi connectivity index (χ3n) is 8.75. The lowest BCUT2D eigenvalue weighted by Gasteiger charge is -2.22. The molecule has 0 saturated carbocycles. The second kappa shape index (κ2) is 21.2. The molecule has 0 fully saturated rings. The minimum absolute atomic E-state index is 0.203. The van der Waals surface area contributed by atoms with E-state index in [1.165, 1.54) is 11.1 Å². The van der Waals surface area contributed by atoms with E-state index < -0.39 is 0 Å². The molecule has 8 nitrogen and oxygen atoms in total.